The number of halogens is 1. The normalized spacial score (nSPS) is 10.5. The smallest absolute Gasteiger partial charge is 0.264 e. The second-order valence-corrected chi connectivity index (χ2v) is 6.48. The molecule has 0 fully saturated rings. The minimum absolute atomic E-state index is 0.123. The summed E-state index contributed by atoms with van der Waals surface area (Å²) in [5.41, 5.74) is 1.16. The van der Waals surface area contributed by atoms with Crippen LogP contribution in [0.15, 0.2) is 42.5 Å². The van der Waals surface area contributed by atoms with Gasteiger partial charge in [-0.25, -0.2) is 0 Å². The summed E-state index contributed by atoms with van der Waals surface area (Å²) in [7, 11) is 0. The molecule has 2 aromatic rings. The summed E-state index contributed by atoms with van der Waals surface area (Å²) >= 11 is 5.03. The van der Waals surface area contributed by atoms with E-state index < -0.39 is 0 Å². The van der Waals surface area contributed by atoms with E-state index in [2.05, 4.69) is 35.0 Å². The molecule has 2 nitrogen and oxygen atoms in total. The summed E-state index contributed by atoms with van der Waals surface area (Å²) < 4.78 is 0. The summed E-state index contributed by atoms with van der Waals surface area (Å²) in [6.07, 6.45) is 0.981. The molecule has 0 saturated heterocycles. The second-order valence-electron chi connectivity index (χ2n) is 4.52. The average molecular weight is 352 g/mol. The van der Waals surface area contributed by atoms with Crippen LogP contribution in [0.1, 0.15) is 27.0 Å². The van der Waals surface area contributed by atoms with Crippen molar-refractivity contribution in [2.24, 2.45) is 0 Å². The Morgan fingerprint density at radius 2 is 1.95 bits per heavy atom. The molecule has 0 saturated carbocycles. The number of hydrogen-bond donors (Lipinski definition) is 0. The largest absolute Gasteiger partial charge is 0.333 e. The number of amides is 1. The number of benzene rings is 1. The predicted molar refractivity (Wildman–Crippen MR) is 88.7 cm³/mol. The quantitative estimate of drug-likeness (QED) is 0.708. The average Bonchev–Trinajstić information content (AvgIpc) is 2.96. The zero-order valence-corrected chi connectivity index (χ0v) is 13.9. The highest BCUT2D eigenvalue weighted by Gasteiger charge is 2.17. The molecule has 0 atom stereocenters. The molecular formula is C16H18BrNOS. The number of carbonyl (C=O) groups excluding carboxylic acids is 1. The van der Waals surface area contributed by atoms with E-state index in [1.165, 1.54) is 4.88 Å². The van der Waals surface area contributed by atoms with Gasteiger partial charge in [0, 0.05) is 23.3 Å². The molecule has 0 N–H and O–H groups in total. The van der Waals surface area contributed by atoms with Crippen molar-refractivity contribution in [3.05, 3.63) is 57.8 Å². The number of alkyl halides is 1. The molecule has 4 heteroatoms. The van der Waals surface area contributed by atoms with Crippen molar-refractivity contribution in [3.8, 4) is 0 Å². The lowest BCUT2D eigenvalue weighted by Crippen LogP contribution is -2.31. The fourth-order valence-corrected chi connectivity index (χ4v) is 3.34. The van der Waals surface area contributed by atoms with Crippen LogP contribution < -0.4 is 0 Å². The minimum atomic E-state index is 0.123. The maximum absolute atomic E-state index is 12.6. The van der Waals surface area contributed by atoms with E-state index in [9.17, 15) is 4.79 Å². The van der Waals surface area contributed by atoms with Gasteiger partial charge >= 0.3 is 0 Å². The third-order valence-corrected chi connectivity index (χ3v) is 4.65. The summed E-state index contributed by atoms with van der Waals surface area (Å²) in [5, 5.41) is 0.789. The Bertz CT molecular complexity index is 553. The first-order chi connectivity index (χ1) is 9.74. The predicted octanol–water partition coefficient (Wildman–Crippen LogP) is 4.35. The van der Waals surface area contributed by atoms with E-state index in [4.69, 9.17) is 0 Å². The topological polar surface area (TPSA) is 20.3 Å². The number of hydrogen-bond acceptors (Lipinski definition) is 2. The lowest BCUT2D eigenvalue weighted by atomic mass is 10.2. The SMILES string of the molecule is CCc1ccc(C(=O)N(CCBr)Cc2ccccc2)s1. The Kier molecular flexibility index (Phi) is 5.80. The molecule has 1 aromatic heterocycles. The minimum Gasteiger partial charge on any atom is -0.333 e. The van der Waals surface area contributed by atoms with Crippen LogP contribution in [-0.2, 0) is 13.0 Å². The summed E-state index contributed by atoms with van der Waals surface area (Å²) in [6, 6.07) is 14.1. The van der Waals surface area contributed by atoms with E-state index in [1.54, 1.807) is 11.3 Å². The van der Waals surface area contributed by atoms with Crippen LogP contribution in [0.5, 0.6) is 0 Å². The van der Waals surface area contributed by atoms with Crippen molar-refractivity contribution >= 4 is 33.2 Å². The van der Waals surface area contributed by atoms with Crippen LogP contribution in [0, 0.1) is 0 Å². The monoisotopic (exact) mass is 351 g/mol. The highest BCUT2D eigenvalue weighted by Crippen LogP contribution is 2.20. The van der Waals surface area contributed by atoms with Crippen molar-refractivity contribution in [2.75, 3.05) is 11.9 Å². The van der Waals surface area contributed by atoms with Crippen molar-refractivity contribution in [2.45, 2.75) is 19.9 Å². The second kappa shape index (κ2) is 7.60. The molecule has 1 aromatic carbocycles. The van der Waals surface area contributed by atoms with Crippen LogP contribution in [0.25, 0.3) is 0 Å². The Hall–Kier alpha value is -1.13. The number of rotatable bonds is 6. The van der Waals surface area contributed by atoms with Gasteiger partial charge in [-0.1, -0.05) is 53.2 Å². The molecule has 0 aliphatic heterocycles. The van der Waals surface area contributed by atoms with E-state index in [1.807, 2.05) is 35.2 Å². The molecule has 0 bridgehead atoms. The molecule has 2 rings (SSSR count). The summed E-state index contributed by atoms with van der Waals surface area (Å²) in [6.45, 7) is 3.48. The van der Waals surface area contributed by atoms with Crippen LogP contribution in [-0.4, -0.2) is 22.7 Å². The van der Waals surface area contributed by atoms with Crippen molar-refractivity contribution in [1.29, 1.82) is 0 Å². The molecule has 20 heavy (non-hydrogen) atoms. The first-order valence-corrected chi connectivity index (χ1v) is 8.66. The molecule has 0 aliphatic carbocycles. The van der Waals surface area contributed by atoms with E-state index >= 15 is 0 Å². The Morgan fingerprint density at radius 1 is 1.20 bits per heavy atom. The van der Waals surface area contributed by atoms with E-state index in [0.29, 0.717) is 13.1 Å². The molecular weight excluding hydrogens is 334 g/mol. The molecule has 106 valence electrons. The number of carbonyl (C=O) groups is 1. The van der Waals surface area contributed by atoms with Gasteiger partial charge in [-0.15, -0.1) is 11.3 Å². The third-order valence-electron chi connectivity index (χ3n) is 3.08. The van der Waals surface area contributed by atoms with E-state index in [-0.39, 0.29) is 5.91 Å². The number of nitrogens with zero attached hydrogens (tertiary/aromatic N) is 1. The fourth-order valence-electron chi connectivity index (χ4n) is 2.00. The zero-order chi connectivity index (χ0) is 14.4. The number of aryl methyl sites for hydroxylation is 1. The van der Waals surface area contributed by atoms with E-state index in [0.717, 1.165) is 22.2 Å². The summed E-state index contributed by atoms with van der Waals surface area (Å²) in [4.78, 5) is 16.6. The molecule has 1 amide bonds. The van der Waals surface area contributed by atoms with Gasteiger partial charge in [0.15, 0.2) is 0 Å². The maximum atomic E-state index is 12.6. The van der Waals surface area contributed by atoms with Gasteiger partial charge in [0.2, 0.25) is 0 Å². The molecule has 0 radical (unpaired) electrons. The van der Waals surface area contributed by atoms with Crippen LogP contribution in [0.4, 0.5) is 0 Å². The highest BCUT2D eigenvalue weighted by molar-refractivity contribution is 9.09. The van der Waals surface area contributed by atoms with Crippen molar-refractivity contribution in [3.63, 3.8) is 0 Å². The van der Waals surface area contributed by atoms with Gasteiger partial charge in [0.25, 0.3) is 5.91 Å². The van der Waals surface area contributed by atoms with Crippen molar-refractivity contribution in [1.82, 2.24) is 4.90 Å². The lowest BCUT2D eigenvalue weighted by Gasteiger charge is -2.21. The van der Waals surface area contributed by atoms with Gasteiger partial charge in [-0.3, -0.25) is 4.79 Å². The van der Waals surface area contributed by atoms with Crippen LogP contribution in [0.2, 0.25) is 0 Å². The van der Waals surface area contributed by atoms with Gasteiger partial charge in [0.05, 0.1) is 4.88 Å². The van der Waals surface area contributed by atoms with Crippen molar-refractivity contribution < 1.29 is 4.79 Å². The maximum Gasteiger partial charge on any atom is 0.264 e. The summed E-state index contributed by atoms with van der Waals surface area (Å²) in [5.74, 6) is 0.123. The molecule has 0 unspecified atom stereocenters. The van der Waals surface area contributed by atoms with Crippen LogP contribution in [0.3, 0.4) is 0 Å². The standard InChI is InChI=1S/C16H18BrNOS/c1-2-14-8-9-15(20-14)16(19)18(11-10-17)12-13-6-4-3-5-7-13/h3-9H,2,10-12H2,1H3. The van der Waals surface area contributed by atoms with Crippen LogP contribution >= 0.6 is 27.3 Å². The first-order valence-electron chi connectivity index (χ1n) is 6.72. The molecule has 0 spiro atoms. The fraction of sp³-hybridized carbons (Fsp3) is 0.312. The molecule has 1 heterocycles. The highest BCUT2D eigenvalue weighted by atomic mass is 79.9. The lowest BCUT2D eigenvalue weighted by molar-refractivity contribution is 0.0759. The Labute approximate surface area is 132 Å². The Morgan fingerprint density at radius 3 is 2.55 bits per heavy atom. The third kappa shape index (κ3) is 3.93. The van der Waals surface area contributed by atoms with Gasteiger partial charge in [-0.2, -0.15) is 0 Å². The number of thiophene rings is 1. The van der Waals surface area contributed by atoms with Gasteiger partial charge < -0.3 is 4.90 Å². The Balaban J connectivity index is 2.13. The van der Waals surface area contributed by atoms with Gasteiger partial charge in [-0.05, 0) is 24.1 Å². The molecule has 0 aliphatic rings. The van der Waals surface area contributed by atoms with Gasteiger partial charge in [0.1, 0.15) is 0 Å². The first kappa shape index (κ1) is 15.3. The zero-order valence-electron chi connectivity index (χ0n) is 11.5.